The minimum atomic E-state index is -0.263. The fraction of sp³-hybridized carbons (Fsp3) is 0.250. The molecular weight excluding hydrogens is 266 g/mol. The molecule has 5 heteroatoms. The maximum Gasteiger partial charge on any atom is 0.258 e. The van der Waals surface area contributed by atoms with E-state index in [0.29, 0.717) is 6.54 Å². The molecule has 1 aromatic carbocycles. The minimum absolute atomic E-state index is 0.0275. The zero-order valence-corrected chi connectivity index (χ0v) is 12.2. The van der Waals surface area contributed by atoms with Crippen molar-refractivity contribution in [3.63, 3.8) is 0 Å². The van der Waals surface area contributed by atoms with Crippen LogP contribution in [0.1, 0.15) is 29.9 Å². The van der Waals surface area contributed by atoms with Crippen LogP contribution in [0.15, 0.2) is 42.6 Å². The molecule has 0 aliphatic carbocycles. The van der Waals surface area contributed by atoms with Crippen LogP contribution in [-0.2, 0) is 6.54 Å². The molecule has 0 aliphatic heterocycles. The third kappa shape index (κ3) is 3.31. The second kappa shape index (κ2) is 6.26. The van der Waals surface area contributed by atoms with Crippen molar-refractivity contribution < 1.29 is 9.90 Å². The van der Waals surface area contributed by atoms with Gasteiger partial charge in [-0.15, -0.1) is 0 Å². The second-order valence-electron chi connectivity index (χ2n) is 5.09. The van der Waals surface area contributed by atoms with E-state index in [2.05, 4.69) is 4.98 Å². The lowest BCUT2D eigenvalue weighted by Crippen LogP contribution is -2.36. The van der Waals surface area contributed by atoms with Gasteiger partial charge < -0.3 is 15.7 Å². The van der Waals surface area contributed by atoms with Gasteiger partial charge in [-0.3, -0.25) is 9.78 Å². The Morgan fingerprint density at radius 3 is 2.67 bits per heavy atom. The molecule has 0 fully saturated rings. The van der Waals surface area contributed by atoms with Crippen molar-refractivity contribution >= 4 is 11.6 Å². The Hall–Kier alpha value is -2.56. The van der Waals surface area contributed by atoms with E-state index >= 15 is 0 Å². The van der Waals surface area contributed by atoms with Gasteiger partial charge in [-0.2, -0.15) is 0 Å². The number of carbonyl (C=O) groups is 1. The van der Waals surface area contributed by atoms with Crippen LogP contribution < -0.4 is 5.73 Å². The van der Waals surface area contributed by atoms with Gasteiger partial charge >= 0.3 is 0 Å². The number of hydrogen-bond acceptors (Lipinski definition) is 4. The van der Waals surface area contributed by atoms with E-state index in [0.717, 1.165) is 5.69 Å². The molecule has 0 unspecified atom stereocenters. The first-order valence-corrected chi connectivity index (χ1v) is 6.79. The van der Waals surface area contributed by atoms with E-state index in [9.17, 15) is 9.90 Å². The van der Waals surface area contributed by atoms with Gasteiger partial charge in [0.2, 0.25) is 0 Å². The van der Waals surface area contributed by atoms with E-state index < -0.39 is 0 Å². The minimum Gasteiger partial charge on any atom is -0.505 e. The summed E-state index contributed by atoms with van der Waals surface area (Å²) < 4.78 is 0. The number of nitrogens with two attached hydrogens (primary N) is 1. The SMILES string of the molecule is CC(C)N(Cc1ccccn1)C(=O)c1cccc(N)c1O. The van der Waals surface area contributed by atoms with Crippen molar-refractivity contribution in [1.29, 1.82) is 0 Å². The fourth-order valence-corrected chi connectivity index (χ4v) is 2.04. The average Bonchev–Trinajstić information content (AvgIpc) is 2.48. The van der Waals surface area contributed by atoms with Gasteiger partial charge in [-0.05, 0) is 38.1 Å². The molecule has 5 nitrogen and oxygen atoms in total. The largest absolute Gasteiger partial charge is 0.505 e. The molecule has 0 saturated heterocycles. The number of hydrogen-bond donors (Lipinski definition) is 2. The van der Waals surface area contributed by atoms with Crippen molar-refractivity contribution in [2.24, 2.45) is 0 Å². The predicted molar refractivity (Wildman–Crippen MR) is 81.8 cm³/mol. The summed E-state index contributed by atoms with van der Waals surface area (Å²) in [4.78, 5) is 18.5. The normalized spacial score (nSPS) is 10.6. The lowest BCUT2D eigenvalue weighted by molar-refractivity contribution is 0.0685. The number of aromatic hydroxyl groups is 1. The van der Waals surface area contributed by atoms with Crippen LogP contribution in [-0.4, -0.2) is 26.9 Å². The van der Waals surface area contributed by atoms with Crippen LogP contribution in [0.5, 0.6) is 5.75 Å². The molecule has 0 aliphatic rings. The molecule has 0 spiro atoms. The van der Waals surface area contributed by atoms with Crippen molar-refractivity contribution in [3.05, 3.63) is 53.9 Å². The average molecular weight is 285 g/mol. The quantitative estimate of drug-likeness (QED) is 0.668. The summed E-state index contributed by atoms with van der Waals surface area (Å²) in [7, 11) is 0. The number of benzene rings is 1. The van der Waals surface area contributed by atoms with Gasteiger partial charge in [-0.25, -0.2) is 0 Å². The lowest BCUT2D eigenvalue weighted by Gasteiger charge is -2.27. The highest BCUT2D eigenvalue weighted by atomic mass is 16.3. The summed E-state index contributed by atoms with van der Waals surface area (Å²) in [5.74, 6) is -0.436. The van der Waals surface area contributed by atoms with Gasteiger partial charge in [0.05, 0.1) is 23.5 Å². The summed E-state index contributed by atoms with van der Waals surface area (Å²) in [5, 5.41) is 9.98. The molecule has 2 aromatic rings. The highest BCUT2D eigenvalue weighted by Gasteiger charge is 2.22. The number of nitrogens with zero attached hydrogens (tertiary/aromatic N) is 2. The van der Waals surface area contributed by atoms with Crippen molar-refractivity contribution in [2.45, 2.75) is 26.4 Å². The van der Waals surface area contributed by atoms with Crippen LogP contribution in [0.3, 0.4) is 0 Å². The molecule has 1 aromatic heterocycles. The molecule has 3 N–H and O–H groups in total. The number of nitrogen functional groups attached to an aromatic ring is 1. The van der Waals surface area contributed by atoms with E-state index in [1.54, 1.807) is 29.3 Å². The van der Waals surface area contributed by atoms with Crippen molar-refractivity contribution in [2.75, 3.05) is 5.73 Å². The molecule has 1 amide bonds. The molecule has 21 heavy (non-hydrogen) atoms. The van der Waals surface area contributed by atoms with E-state index in [1.807, 2.05) is 32.0 Å². The monoisotopic (exact) mass is 285 g/mol. The fourth-order valence-electron chi connectivity index (χ4n) is 2.04. The Morgan fingerprint density at radius 1 is 1.29 bits per heavy atom. The van der Waals surface area contributed by atoms with Gasteiger partial charge in [-0.1, -0.05) is 12.1 Å². The Bertz CT molecular complexity index is 627. The molecule has 1 heterocycles. The van der Waals surface area contributed by atoms with E-state index in [4.69, 9.17) is 5.73 Å². The first-order valence-electron chi connectivity index (χ1n) is 6.79. The van der Waals surface area contributed by atoms with Crippen LogP contribution in [0.25, 0.3) is 0 Å². The standard InChI is InChI=1S/C16H19N3O2/c1-11(2)19(10-12-6-3-4-9-18-12)16(21)13-7-5-8-14(17)15(13)20/h3-9,11,20H,10,17H2,1-2H3. The number of pyridine rings is 1. The van der Waals surface area contributed by atoms with Crippen LogP contribution in [0.4, 0.5) is 5.69 Å². The van der Waals surface area contributed by atoms with Crippen molar-refractivity contribution in [3.8, 4) is 5.75 Å². The topological polar surface area (TPSA) is 79.5 Å². The Labute approximate surface area is 124 Å². The number of aromatic nitrogens is 1. The molecule has 0 atom stereocenters. The highest BCUT2D eigenvalue weighted by molar-refractivity contribution is 5.98. The smallest absolute Gasteiger partial charge is 0.258 e. The lowest BCUT2D eigenvalue weighted by atomic mass is 10.1. The van der Waals surface area contributed by atoms with Gasteiger partial charge in [0.25, 0.3) is 5.91 Å². The second-order valence-corrected chi connectivity index (χ2v) is 5.09. The number of para-hydroxylation sites is 1. The van der Waals surface area contributed by atoms with Gasteiger partial charge in [0.1, 0.15) is 0 Å². The molecule has 110 valence electrons. The number of anilines is 1. The zero-order chi connectivity index (χ0) is 15.4. The number of phenols is 1. The summed E-state index contributed by atoms with van der Waals surface area (Å²) in [6.45, 7) is 4.22. The van der Waals surface area contributed by atoms with E-state index in [1.165, 1.54) is 0 Å². The van der Waals surface area contributed by atoms with Crippen LogP contribution in [0, 0.1) is 0 Å². The van der Waals surface area contributed by atoms with E-state index in [-0.39, 0.29) is 28.9 Å². The number of rotatable bonds is 4. The first kappa shape index (κ1) is 14.8. The molecular formula is C16H19N3O2. The third-order valence-electron chi connectivity index (χ3n) is 3.24. The first-order chi connectivity index (χ1) is 10.0. The summed E-state index contributed by atoms with van der Waals surface area (Å²) in [5.41, 5.74) is 6.85. The Kier molecular flexibility index (Phi) is 4.42. The summed E-state index contributed by atoms with van der Waals surface area (Å²) in [6, 6.07) is 10.3. The Balaban J connectivity index is 2.30. The number of amides is 1. The Morgan fingerprint density at radius 2 is 2.05 bits per heavy atom. The zero-order valence-electron chi connectivity index (χ0n) is 12.2. The number of phenolic OH excluding ortho intramolecular Hbond substituents is 1. The van der Waals surface area contributed by atoms with Gasteiger partial charge in [0.15, 0.2) is 5.75 Å². The molecule has 0 saturated carbocycles. The molecule has 0 radical (unpaired) electrons. The van der Waals surface area contributed by atoms with Crippen molar-refractivity contribution in [1.82, 2.24) is 9.88 Å². The molecule has 2 rings (SSSR count). The maximum atomic E-state index is 12.6. The summed E-state index contributed by atoms with van der Waals surface area (Å²) in [6.07, 6.45) is 1.69. The summed E-state index contributed by atoms with van der Waals surface area (Å²) >= 11 is 0. The maximum absolute atomic E-state index is 12.6. The van der Waals surface area contributed by atoms with Gasteiger partial charge in [0, 0.05) is 12.2 Å². The van der Waals surface area contributed by atoms with Crippen LogP contribution >= 0.6 is 0 Å². The molecule has 0 bridgehead atoms. The third-order valence-corrected chi connectivity index (χ3v) is 3.24. The van der Waals surface area contributed by atoms with Crippen LogP contribution in [0.2, 0.25) is 0 Å². The number of carbonyl (C=O) groups excluding carboxylic acids is 1. The predicted octanol–water partition coefficient (Wildman–Crippen LogP) is 2.42. The highest BCUT2D eigenvalue weighted by Crippen LogP contribution is 2.26.